The highest BCUT2D eigenvalue weighted by Crippen LogP contribution is 2.47. The zero-order valence-corrected chi connectivity index (χ0v) is 26.8. The molecule has 13 heteroatoms. The summed E-state index contributed by atoms with van der Waals surface area (Å²) in [6.07, 6.45) is 6.92. The average Bonchev–Trinajstić information content (AvgIpc) is 3.45. The van der Waals surface area contributed by atoms with Gasteiger partial charge in [-0.3, -0.25) is 14.5 Å². The van der Waals surface area contributed by atoms with Crippen molar-refractivity contribution in [3.63, 3.8) is 0 Å². The van der Waals surface area contributed by atoms with Crippen LogP contribution in [0.2, 0.25) is 5.02 Å². The molecule has 12 nitrogen and oxygen atoms in total. The maximum absolute atomic E-state index is 14.2. The molecule has 1 aromatic rings. The molecule has 0 bridgehead atoms. The summed E-state index contributed by atoms with van der Waals surface area (Å²) in [5.41, 5.74) is 0.407. The number of benzene rings is 1. The highest BCUT2D eigenvalue weighted by molar-refractivity contribution is 6.31. The minimum Gasteiger partial charge on any atom is -0.479 e. The number of nitrogens with one attached hydrogen (secondary N) is 2. The van der Waals surface area contributed by atoms with Crippen LogP contribution in [-0.4, -0.2) is 81.3 Å². The Bertz CT molecular complexity index is 1370. The molecule has 3 N–H and O–H groups in total. The number of fused-ring (bicyclic) bond motifs is 3. The molecule has 1 aromatic carbocycles. The maximum Gasteiger partial charge on any atom is 0.410 e. The molecule has 4 fully saturated rings. The SMILES string of the molecule is O=C(N[C@H]1CCCCCCC[C@@H]2C[C@@]2(C(=O)O)NC(=O)[C@@H]2C[C@@H](OC(=O)N3Cc4cccc(Cl)c4C3)CN2C1=O)OC1CCCC1. The van der Waals surface area contributed by atoms with Gasteiger partial charge >= 0.3 is 18.2 Å². The second-order valence-corrected chi connectivity index (χ2v) is 13.9. The lowest BCUT2D eigenvalue weighted by Crippen LogP contribution is -2.56. The Morgan fingerprint density at radius 2 is 1.65 bits per heavy atom. The standard InChI is InChI=1S/C33H43ClN4O8/c34-25-13-8-9-20-17-37(19-24(20)25)32(44)46-23-15-27-28(39)36-33(30(41)42)16-21(33)10-4-2-1-3-5-14-26(29(40)38(27)18-23)35-31(43)45-22-11-6-7-12-22/h8-9,13,21-23,26-27H,1-7,10-12,14-19H2,(H,35,43)(H,36,39)(H,41,42)/t21-,23-,26+,27+,33-/m1/s1. The Balaban J connectivity index is 1.20. The summed E-state index contributed by atoms with van der Waals surface area (Å²) in [6, 6.07) is 3.47. The molecule has 0 spiro atoms. The predicted molar refractivity (Wildman–Crippen MR) is 166 cm³/mol. The van der Waals surface area contributed by atoms with Gasteiger partial charge in [0.15, 0.2) is 0 Å². The van der Waals surface area contributed by atoms with E-state index in [2.05, 4.69) is 10.6 Å². The second kappa shape index (κ2) is 13.7. The van der Waals surface area contributed by atoms with E-state index in [0.717, 1.165) is 62.5 Å². The van der Waals surface area contributed by atoms with Gasteiger partial charge in [0, 0.05) is 18.0 Å². The Morgan fingerprint density at radius 3 is 2.39 bits per heavy atom. The van der Waals surface area contributed by atoms with E-state index in [-0.39, 0.29) is 31.5 Å². The summed E-state index contributed by atoms with van der Waals surface area (Å²) in [7, 11) is 0. The van der Waals surface area contributed by atoms with Gasteiger partial charge in [-0.1, -0.05) is 55.8 Å². The monoisotopic (exact) mass is 658 g/mol. The van der Waals surface area contributed by atoms with Gasteiger partial charge in [0.2, 0.25) is 11.8 Å². The number of carbonyl (C=O) groups is 5. The molecule has 4 amide bonds. The molecule has 46 heavy (non-hydrogen) atoms. The van der Waals surface area contributed by atoms with Crippen molar-refractivity contribution in [2.75, 3.05) is 6.54 Å². The molecule has 5 aliphatic rings. The van der Waals surface area contributed by atoms with Crippen LogP contribution in [0.5, 0.6) is 0 Å². The predicted octanol–water partition coefficient (Wildman–Crippen LogP) is 4.50. The smallest absolute Gasteiger partial charge is 0.410 e. The summed E-state index contributed by atoms with van der Waals surface area (Å²) in [6.45, 7) is 0.542. The first-order chi connectivity index (χ1) is 22.1. The fourth-order valence-electron chi connectivity index (χ4n) is 7.61. The molecule has 6 rings (SSSR count). The highest BCUT2D eigenvalue weighted by atomic mass is 35.5. The van der Waals surface area contributed by atoms with Crippen LogP contribution in [-0.2, 0) is 36.9 Å². The molecule has 3 aliphatic heterocycles. The largest absolute Gasteiger partial charge is 0.479 e. The fourth-order valence-corrected chi connectivity index (χ4v) is 7.87. The Morgan fingerprint density at radius 1 is 0.935 bits per heavy atom. The molecule has 2 saturated heterocycles. The number of rotatable bonds is 4. The number of carbonyl (C=O) groups excluding carboxylic acids is 4. The van der Waals surface area contributed by atoms with E-state index in [0.29, 0.717) is 37.3 Å². The summed E-state index contributed by atoms with van der Waals surface area (Å²) < 4.78 is 11.5. The number of ether oxygens (including phenoxy) is 2. The van der Waals surface area contributed by atoms with E-state index < -0.39 is 53.7 Å². The zero-order valence-electron chi connectivity index (χ0n) is 26.0. The second-order valence-electron chi connectivity index (χ2n) is 13.5. The zero-order chi connectivity index (χ0) is 32.4. The summed E-state index contributed by atoms with van der Waals surface area (Å²) >= 11 is 6.33. The van der Waals surface area contributed by atoms with Crippen LogP contribution < -0.4 is 10.6 Å². The topological polar surface area (TPSA) is 155 Å². The number of hydrogen-bond acceptors (Lipinski definition) is 7. The average molecular weight is 659 g/mol. The van der Waals surface area contributed by atoms with Crippen LogP contribution in [0.4, 0.5) is 9.59 Å². The number of carboxylic acid groups (broad SMARTS) is 1. The Labute approximate surface area is 273 Å². The van der Waals surface area contributed by atoms with Gasteiger partial charge in [-0.25, -0.2) is 14.4 Å². The van der Waals surface area contributed by atoms with E-state index in [1.165, 1.54) is 9.80 Å². The number of halogens is 1. The third kappa shape index (κ3) is 6.91. The minimum atomic E-state index is -1.37. The number of aliphatic carboxylic acids is 1. The first kappa shape index (κ1) is 32.4. The van der Waals surface area contributed by atoms with Crippen molar-refractivity contribution in [2.45, 2.75) is 126 Å². The van der Waals surface area contributed by atoms with E-state index in [9.17, 15) is 29.1 Å². The van der Waals surface area contributed by atoms with Gasteiger partial charge in [-0.05, 0) is 68.1 Å². The van der Waals surface area contributed by atoms with Crippen LogP contribution in [0.3, 0.4) is 0 Å². The molecule has 0 radical (unpaired) electrons. The van der Waals surface area contributed by atoms with Crippen molar-refractivity contribution in [3.8, 4) is 0 Å². The molecule has 250 valence electrons. The number of carboxylic acids is 1. The lowest BCUT2D eigenvalue weighted by atomic mass is 10.0. The first-order valence-electron chi connectivity index (χ1n) is 16.7. The number of nitrogens with zero attached hydrogens (tertiary/aromatic N) is 2. The highest BCUT2D eigenvalue weighted by Gasteiger charge is 2.62. The van der Waals surface area contributed by atoms with Crippen LogP contribution in [0, 0.1) is 5.92 Å². The molecular weight excluding hydrogens is 616 g/mol. The van der Waals surface area contributed by atoms with E-state index in [1.54, 1.807) is 6.07 Å². The summed E-state index contributed by atoms with van der Waals surface area (Å²) in [4.78, 5) is 69.4. The lowest BCUT2D eigenvalue weighted by molar-refractivity contribution is -0.146. The van der Waals surface area contributed by atoms with Crippen LogP contribution in [0.25, 0.3) is 0 Å². The van der Waals surface area contributed by atoms with Crippen molar-refractivity contribution in [3.05, 3.63) is 34.3 Å². The van der Waals surface area contributed by atoms with Gasteiger partial charge < -0.3 is 30.1 Å². The molecule has 0 unspecified atom stereocenters. The van der Waals surface area contributed by atoms with Crippen molar-refractivity contribution in [2.24, 2.45) is 5.92 Å². The summed E-state index contributed by atoms with van der Waals surface area (Å²) in [5, 5.41) is 16.2. The van der Waals surface area contributed by atoms with Crippen molar-refractivity contribution < 1.29 is 38.6 Å². The molecule has 5 atom stereocenters. The van der Waals surface area contributed by atoms with Gasteiger partial charge in [0.1, 0.15) is 29.8 Å². The van der Waals surface area contributed by atoms with Gasteiger partial charge in [-0.2, -0.15) is 0 Å². The van der Waals surface area contributed by atoms with E-state index in [4.69, 9.17) is 21.1 Å². The molecule has 2 saturated carbocycles. The summed E-state index contributed by atoms with van der Waals surface area (Å²) in [5.74, 6) is -2.34. The third-order valence-electron chi connectivity index (χ3n) is 10.3. The molecule has 2 aliphatic carbocycles. The minimum absolute atomic E-state index is 0.00443. The third-order valence-corrected chi connectivity index (χ3v) is 10.7. The Kier molecular flexibility index (Phi) is 9.63. The normalized spacial score (nSPS) is 30.3. The lowest BCUT2D eigenvalue weighted by Gasteiger charge is -2.29. The first-order valence-corrected chi connectivity index (χ1v) is 17.1. The number of alkyl carbamates (subject to hydrolysis) is 1. The van der Waals surface area contributed by atoms with Crippen molar-refractivity contribution >= 4 is 41.6 Å². The fraction of sp³-hybridized carbons (Fsp3) is 0.667. The van der Waals surface area contributed by atoms with Crippen molar-refractivity contribution in [1.29, 1.82) is 0 Å². The van der Waals surface area contributed by atoms with Crippen molar-refractivity contribution in [1.82, 2.24) is 20.4 Å². The Hall–Kier alpha value is -3.54. The maximum atomic E-state index is 14.2. The van der Waals surface area contributed by atoms with Crippen LogP contribution >= 0.6 is 11.6 Å². The molecule has 0 aromatic heterocycles. The van der Waals surface area contributed by atoms with E-state index in [1.807, 2.05) is 12.1 Å². The molecular formula is C33H43ClN4O8. The van der Waals surface area contributed by atoms with Gasteiger partial charge in [-0.15, -0.1) is 0 Å². The van der Waals surface area contributed by atoms with Crippen LogP contribution in [0.15, 0.2) is 18.2 Å². The quantitative estimate of drug-likeness (QED) is 0.427. The van der Waals surface area contributed by atoms with E-state index >= 15 is 0 Å². The molecule has 3 heterocycles. The van der Waals surface area contributed by atoms with Gasteiger partial charge in [0.05, 0.1) is 13.1 Å². The van der Waals surface area contributed by atoms with Gasteiger partial charge in [0.25, 0.3) is 0 Å². The van der Waals surface area contributed by atoms with Crippen LogP contribution in [0.1, 0.15) is 94.6 Å². The number of amides is 4. The number of hydrogen-bond donors (Lipinski definition) is 3.